The van der Waals surface area contributed by atoms with E-state index in [1.54, 1.807) is 0 Å². The Morgan fingerprint density at radius 3 is 2.88 bits per heavy atom. The van der Waals surface area contributed by atoms with E-state index in [9.17, 15) is 0 Å². The fourth-order valence-corrected chi connectivity index (χ4v) is 4.11. The minimum atomic E-state index is 0.205. The van der Waals surface area contributed by atoms with E-state index in [4.69, 9.17) is 33.3 Å². The molecule has 0 saturated carbocycles. The third kappa shape index (κ3) is 4.23. The molecular formula is C17H20Cl2N4OS. The van der Waals surface area contributed by atoms with Crippen molar-refractivity contribution >= 4 is 41.1 Å². The zero-order valence-corrected chi connectivity index (χ0v) is 16.3. The van der Waals surface area contributed by atoms with Crippen molar-refractivity contribution in [3.8, 4) is 0 Å². The summed E-state index contributed by atoms with van der Waals surface area (Å²) < 4.78 is 6.86. The molecule has 0 radical (unpaired) electrons. The van der Waals surface area contributed by atoms with Crippen LogP contribution in [-0.2, 0) is 10.8 Å². The molecule has 0 aliphatic carbocycles. The molecule has 1 heterocycles. The summed E-state index contributed by atoms with van der Waals surface area (Å²) >= 11 is 13.8. The molecule has 8 heteroatoms. The van der Waals surface area contributed by atoms with E-state index in [0.29, 0.717) is 5.02 Å². The second kappa shape index (κ2) is 8.14. The van der Waals surface area contributed by atoms with Crippen LogP contribution < -0.4 is 15.7 Å². The van der Waals surface area contributed by atoms with E-state index in [-0.39, 0.29) is 5.92 Å². The smallest absolute Gasteiger partial charge is 0.137 e. The van der Waals surface area contributed by atoms with Crippen LogP contribution in [0.4, 0.5) is 5.69 Å². The van der Waals surface area contributed by atoms with Crippen molar-refractivity contribution in [3.05, 3.63) is 63.1 Å². The number of likely N-dealkylation sites (N-methyl/N-ethyl adjacent to an activating group) is 1. The molecule has 1 aliphatic heterocycles. The van der Waals surface area contributed by atoms with Gasteiger partial charge in [0.15, 0.2) is 0 Å². The van der Waals surface area contributed by atoms with Crippen LogP contribution in [0.15, 0.2) is 36.4 Å². The van der Waals surface area contributed by atoms with Crippen molar-refractivity contribution in [2.45, 2.75) is 12.5 Å². The number of benzene rings is 2. The van der Waals surface area contributed by atoms with Crippen molar-refractivity contribution < 1.29 is 4.28 Å². The number of nitrogens with one attached hydrogen (secondary N) is 1. The lowest BCUT2D eigenvalue weighted by atomic mass is 9.84. The van der Waals surface area contributed by atoms with Gasteiger partial charge in [0, 0.05) is 41.8 Å². The van der Waals surface area contributed by atoms with Crippen LogP contribution in [0.5, 0.6) is 0 Å². The number of anilines is 1. The van der Waals surface area contributed by atoms with Gasteiger partial charge in [-0.3, -0.25) is 4.31 Å². The first-order valence-corrected chi connectivity index (χ1v) is 9.24. The standard InChI is InChI=1S/C17H20Cl2N4OS/c1-22-9-15(14-7-12(18)8-17(19)16(14)10-22)11-4-3-5-13(6-11)23(2)25-24-21-20/h3-8,15,21H,9-10,20H2,1-2H3. The summed E-state index contributed by atoms with van der Waals surface area (Å²) in [5, 5.41) is 1.40. The molecular weight excluding hydrogens is 379 g/mol. The Bertz CT molecular complexity index is 761. The molecule has 25 heavy (non-hydrogen) atoms. The topological polar surface area (TPSA) is 53.8 Å². The van der Waals surface area contributed by atoms with Gasteiger partial charge in [-0.25, -0.2) is 5.84 Å². The number of nitrogens with zero attached hydrogens (tertiary/aromatic N) is 2. The Morgan fingerprint density at radius 1 is 1.32 bits per heavy atom. The fourth-order valence-electron chi connectivity index (χ4n) is 3.19. The van der Waals surface area contributed by atoms with Crippen LogP contribution in [-0.4, -0.2) is 25.5 Å². The lowest BCUT2D eigenvalue weighted by Gasteiger charge is -2.33. The highest BCUT2D eigenvalue weighted by Gasteiger charge is 2.27. The maximum absolute atomic E-state index is 6.45. The van der Waals surface area contributed by atoms with E-state index in [0.717, 1.165) is 41.6 Å². The third-order valence-corrected chi connectivity index (χ3v) is 5.49. The van der Waals surface area contributed by atoms with Gasteiger partial charge < -0.3 is 4.90 Å². The average Bonchev–Trinajstić information content (AvgIpc) is 2.60. The Hall–Kier alpha value is -0.990. The van der Waals surface area contributed by atoms with E-state index < -0.39 is 0 Å². The molecule has 0 bridgehead atoms. The summed E-state index contributed by atoms with van der Waals surface area (Å²) in [5.41, 5.74) is 6.73. The molecule has 0 saturated heterocycles. The van der Waals surface area contributed by atoms with Crippen molar-refractivity contribution in [3.63, 3.8) is 0 Å². The summed E-state index contributed by atoms with van der Waals surface area (Å²) in [6, 6.07) is 12.2. The lowest BCUT2D eigenvalue weighted by Crippen LogP contribution is -2.31. The molecule has 1 atom stereocenters. The van der Waals surface area contributed by atoms with E-state index in [1.807, 2.05) is 35.6 Å². The number of hydrogen-bond acceptors (Lipinski definition) is 6. The van der Waals surface area contributed by atoms with Gasteiger partial charge in [-0.2, -0.15) is 4.28 Å². The van der Waals surface area contributed by atoms with Crippen molar-refractivity contribution in [2.75, 3.05) is 24.9 Å². The van der Waals surface area contributed by atoms with Gasteiger partial charge in [0.05, 0.1) is 0 Å². The highest BCUT2D eigenvalue weighted by Crippen LogP contribution is 2.39. The van der Waals surface area contributed by atoms with Gasteiger partial charge in [-0.15, -0.1) is 5.59 Å². The van der Waals surface area contributed by atoms with Gasteiger partial charge in [-0.1, -0.05) is 35.3 Å². The molecule has 2 aromatic rings. The predicted octanol–water partition coefficient (Wildman–Crippen LogP) is 3.97. The van der Waals surface area contributed by atoms with Crippen LogP contribution in [0.1, 0.15) is 22.6 Å². The molecule has 3 rings (SSSR count). The van der Waals surface area contributed by atoms with Crippen LogP contribution in [0.3, 0.4) is 0 Å². The first-order chi connectivity index (χ1) is 12.0. The molecule has 2 aromatic carbocycles. The van der Waals surface area contributed by atoms with Crippen molar-refractivity contribution in [2.24, 2.45) is 5.84 Å². The zero-order chi connectivity index (χ0) is 18.0. The SMILES string of the molecule is CN1Cc2c(Cl)cc(Cl)cc2C(c2cccc(N(C)SONN)c2)C1. The van der Waals surface area contributed by atoms with E-state index >= 15 is 0 Å². The lowest BCUT2D eigenvalue weighted by molar-refractivity contribution is 0.242. The number of nitrogens with two attached hydrogens (primary N) is 1. The van der Waals surface area contributed by atoms with Gasteiger partial charge in [-0.05, 0) is 48.0 Å². The molecule has 134 valence electrons. The normalized spacial score (nSPS) is 17.4. The summed E-state index contributed by atoms with van der Waals surface area (Å²) in [5.74, 6) is 5.35. The quantitative estimate of drug-likeness (QED) is 0.344. The fraction of sp³-hybridized carbons (Fsp3) is 0.294. The van der Waals surface area contributed by atoms with Gasteiger partial charge >= 0.3 is 0 Å². The van der Waals surface area contributed by atoms with Crippen LogP contribution in [0.2, 0.25) is 10.0 Å². The molecule has 0 amide bonds. The third-order valence-electron chi connectivity index (χ3n) is 4.33. The number of rotatable bonds is 5. The molecule has 3 N–H and O–H groups in total. The summed E-state index contributed by atoms with van der Waals surface area (Å²) in [6.45, 7) is 1.73. The van der Waals surface area contributed by atoms with Crippen LogP contribution in [0, 0.1) is 0 Å². The van der Waals surface area contributed by atoms with E-state index in [1.165, 1.54) is 11.1 Å². The summed E-state index contributed by atoms with van der Waals surface area (Å²) in [7, 11) is 4.02. The minimum absolute atomic E-state index is 0.205. The van der Waals surface area contributed by atoms with Gasteiger partial charge in [0.1, 0.15) is 12.2 Å². The van der Waals surface area contributed by atoms with Crippen LogP contribution >= 0.6 is 35.4 Å². The van der Waals surface area contributed by atoms with Gasteiger partial charge in [0.25, 0.3) is 0 Å². The van der Waals surface area contributed by atoms with E-state index in [2.05, 4.69) is 29.7 Å². The van der Waals surface area contributed by atoms with Crippen molar-refractivity contribution in [1.82, 2.24) is 10.5 Å². The largest absolute Gasteiger partial charge is 0.301 e. The average molecular weight is 399 g/mol. The second-order valence-electron chi connectivity index (χ2n) is 6.07. The summed E-state index contributed by atoms with van der Waals surface area (Å²) in [4.78, 5) is 2.28. The first-order valence-electron chi connectivity index (χ1n) is 7.79. The number of hydrogen-bond donors (Lipinski definition) is 2. The van der Waals surface area contributed by atoms with Crippen molar-refractivity contribution in [1.29, 1.82) is 0 Å². The molecule has 0 aromatic heterocycles. The summed E-state index contributed by atoms with van der Waals surface area (Å²) in [6.07, 6.45) is 0. The maximum Gasteiger partial charge on any atom is 0.137 e. The molecule has 5 nitrogen and oxygen atoms in total. The molecule has 0 spiro atoms. The maximum atomic E-state index is 6.45. The zero-order valence-electron chi connectivity index (χ0n) is 14.0. The van der Waals surface area contributed by atoms with Crippen LogP contribution in [0.25, 0.3) is 0 Å². The second-order valence-corrected chi connectivity index (χ2v) is 7.78. The minimum Gasteiger partial charge on any atom is -0.301 e. The molecule has 1 aliphatic rings. The highest BCUT2D eigenvalue weighted by atomic mass is 35.5. The monoisotopic (exact) mass is 398 g/mol. The number of hydrazine groups is 1. The number of fused-ring (bicyclic) bond motifs is 1. The predicted molar refractivity (Wildman–Crippen MR) is 105 cm³/mol. The first kappa shape index (κ1) is 18.8. The molecule has 0 fully saturated rings. The Labute approximate surface area is 162 Å². The highest BCUT2D eigenvalue weighted by molar-refractivity contribution is 7.96. The molecule has 1 unspecified atom stereocenters. The Balaban J connectivity index is 1.97. The Morgan fingerprint density at radius 2 is 2.12 bits per heavy atom. The van der Waals surface area contributed by atoms with Gasteiger partial charge in [0.2, 0.25) is 0 Å². The number of halogens is 2. The Kier molecular flexibility index (Phi) is 6.12.